The first-order chi connectivity index (χ1) is 14.1. The third-order valence-electron chi connectivity index (χ3n) is 5.51. The van der Waals surface area contributed by atoms with Crippen LogP contribution < -0.4 is 15.1 Å². The van der Waals surface area contributed by atoms with Gasteiger partial charge in [-0.15, -0.1) is 0 Å². The summed E-state index contributed by atoms with van der Waals surface area (Å²) < 4.78 is 0. The van der Waals surface area contributed by atoms with Gasteiger partial charge in [-0.25, -0.2) is 0 Å². The molecule has 1 heterocycles. The lowest BCUT2D eigenvalue weighted by Gasteiger charge is -2.30. The fourth-order valence-corrected chi connectivity index (χ4v) is 3.77. The lowest BCUT2D eigenvalue weighted by molar-refractivity contribution is 0.0951. The molecule has 0 atom stereocenters. The average Bonchev–Trinajstić information content (AvgIpc) is 2.77. The highest BCUT2D eigenvalue weighted by Gasteiger charge is 2.16. The van der Waals surface area contributed by atoms with Crippen molar-refractivity contribution in [3.05, 3.63) is 95.1 Å². The van der Waals surface area contributed by atoms with Crippen molar-refractivity contribution < 1.29 is 4.79 Å². The number of hydrogen-bond donors (Lipinski definition) is 1. The SMILES string of the molecule is CN(C)c1cccc(CNC(=O)c2ccc(N3CCc4ccccc4C3)cc2)c1. The second-order valence-corrected chi connectivity index (χ2v) is 7.73. The highest BCUT2D eigenvalue weighted by Crippen LogP contribution is 2.24. The van der Waals surface area contributed by atoms with Gasteiger partial charge in [0.1, 0.15) is 0 Å². The summed E-state index contributed by atoms with van der Waals surface area (Å²) >= 11 is 0. The monoisotopic (exact) mass is 385 g/mol. The van der Waals surface area contributed by atoms with Crippen molar-refractivity contribution in [1.82, 2.24) is 5.32 Å². The van der Waals surface area contributed by atoms with Crippen molar-refractivity contribution in [2.45, 2.75) is 19.5 Å². The molecule has 0 radical (unpaired) electrons. The standard InChI is InChI=1S/C25H27N3O/c1-27(2)24-9-5-6-19(16-24)17-26-25(29)21-10-12-23(13-11-21)28-15-14-20-7-3-4-8-22(20)18-28/h3-13,16H,14-15,17-18H2,1-2H3,(H,26,29). The minimum atomic E-state index is -0.0456. The van der Waals surface area contributed by atoms with E-state index in [1.54, 1.807) is 0 Å². The third kappa shape index (κ3) is 4.43. The fraction of sp³-hybridized carbons (Fsp3) is 0.240. The van der Waals surface area contributed by atoms with E-state index in [4.69, 9.17) is 0 Å². The van der Waals surface area contributed by atoms with E-state index in [-0.39, 0.29) is 5.91 Å². The van der Waals surface area contributed by atoms with Gasteiger partial charge >= 0.3 is 0 Å². The molecule has 3 aromatic rings. The van der Waals surface area contributed by atoms with E-state index in [9.17, 15) is 4.79 Å². The van der Waals surface area contributed by atoms with Crippen LogP contribution in [0.25, 0.3) is 0 Å². The van der Waals surface area contributed by atoms with Gasteiger partial charge in [0, 0.05) is 50.7 Å². The Bertz CT molecular complexity index is 995. The van der Waals surface area contributed by atoms with Crippen LogP contribution in [0.5, 0.6) is 0 Å². The van der Waals surface area contributed by atoms with Gasteiger partial charge < -0.3 is 15.1 Å². The maximum atomic E-state index is 12.6. The van der Waals surface area contributed by atoms with Gasteiger partial charge in [-0.3, -0.25) is 4.79 Å². The van der Waals surface area contributed by atoms with Gasteiger partial charge in [0.2, 0.25) is 0 Å². The zero-order chi connectivity index (χ0) is 20.2. The molecule has 0 unspecified atom stereocenters. The number of carbonyl (C=O) groups is 1. The number of nitrogens with one attached hydrogen (secondary N) is 1. The van der Waals surface area contributed by atoms with Gasteiger partial charge in [-0.05, 0) is 59.5 Å². The quantitative estimate of drug-likeness (QED) is 0.713. The molecule has 4 heteroatoms. The number of hydrogen-bond acceptors (Lipinski definition) is 3. The molecule has 4 nitrogen and oxygen atoms in total. The molecule has 3 aromatic carbocycles. The van der Waals surface area contributed by atoms with E-state index in [2.05, 4.69) is 63.6 Å². The summed E-state index contributed by atoms with van der Waals surface area (Å²) in [6.07, 6.45) is 1.06. The molecule has 1 N–H and O–H groups in total. The number of fused-ring (bicyclic) bond motifs is 1. The van der Waals surface area contributed by atoms with Crippen molar-refractivity contribution in [2.75, 3.05) is 30.4 Å². The van der Waals surface area contributed by atoms with Crippen LogP contribution in [0, 0.1) is 0 Å². The van der Waals surface area contributed by atoms with Crippen LogP contribution in [0.1, 0.15) is 27.0 Å². The smallest absolute Gasteiger partial charge is 0.251 e. The number of rotatable bonds is 5. The number of amides is 1. The molecular weight excluding hydrogens is 358 g/mol. The second kappa shape index (κ2) is 8.39. The molecule has 29 heavy (non-hydrogen) atoms. The molecule has 0 saturated heterocycles. The molecule has 0 aromatic heterocycles. The number of anilines is 2. The number of carbonyl (C=O) groups excluding carboxylic acids is 1. The Labute approximate surface area is 172 Å². The van der Waals surface area contributed by atoms with Crippen molar-refractivity contribution in [3.63, 3.8) is 0 Å². The van der Waals surface area contributed by atoms with Crippen LogP contribution in [0.4, 0.5) is 11.4 Å². The van der Waals surface area contributed by atoms with Crippen LogP contribution in [0.15, 0.2) is 72.8 Å². The highest BCUT2D eigenvalue weighted by atomic mass is 16.1. The van der Waals surface area contributed by atoms with Crippen molar-refractivity contribution in [1.29, 1.82) is 0 Å². The van der Waals surface area contributed by atoms with Gasteiger partial charge in [0.05, 0.1) is 0 Å². The highest BCUT2D eigenvalue weighted by molar-refractivity contribution is 5.94. The maximum absolute atomic E-state index is 12.6. The van der Waals surface area contributed by atoms with E-state index >= 15 is 0 Å². The van der Waals surface area contributed by atoms with Crippen LogP contribution in [0.2, 0.25) is 0 Å². The topological polar surface area (TPSA) is 35.6 Å². The van der Waals surface area contributed by atoms with Gasteiger partial charge in [0.15, 0.2) is 0 Å². The molecule has 4 rings (SSSR count). The Morgan fingerprint density at radius 2 is 1.72 bits per heavy atom. The minimum Gasteiger partial charge on any atom is -0.378 e. The van der Waals surface area contributed by atoms with E-state index < -0.39 is 0 Å². The molecule has 1 aliphatic heterocycles. The molecule has 1 amide bonds. The first kappa shape index (κ1) is 19.1. The molecular formula is C25H27N3O. The van der Waals surface area contributed by atoms with E-state index in [0.717, 1.165) is 36.4 Å². The van der Waals surface area contributed by atoms with E-state index in [1.807, 2.05) is 38.4 Å². The zero-order valence-corrected chi connectivity index (χ0v) is 17.1. The Morgan fingerprint density at radius 1 is 0.966 bits per heavy atom. The summed E-state index contributed by atoms with van der Waals surface area (Å²) in [6.45, 7) is 2.44. The lowest BCUT2D eigenvalue weighted by atomic mass is 9.99. The summed E-state index contributed by atoms with van der Waals surface area (Å²) in [5.41, 5.74) is 6.90. The van der Waals surface area contributed by atoms with Crippen LogP contribution in [-0.2, 0) is 19.5 Å². The summed E-state index contributed by atoms with van der Waals surface area (Å²) in [6, 6.07) is 24.8. The van der Waals surface area contributed by atoms with Gasteiger partial charge in [0.25, 0.3) is 5.91 Å². The summed E-state index contributed by atoms with van der Waals surface area (Å²) in [7, 11) is 4.03. The first-order valence-electron chi connectivity index (χ1n) is 10.1. The lowest BCUT2D eigenvalue weighted by Crippen LogP contribution is -2.30. The Morgan fingerprint density at radius 3 is 2.48 bits per heavy atom. The number of nitrogens with zero attached hydrogens (tertiary/aromatic N) is 2. The molecule has 0 fully saturated rings. The number of benzene rings is 3. The van der Waals surface area contributed by atoms with Crippen LogP contribution >= 0.6 is 0 Å². The minimum absolute atomic E-state index is 0.0456. The predicted octanol–water partition coefficient (Wildman–Crippen LogP) is 4.25. The maximum Gasteiger partial charge on any atom is 0.251 e. The van der Waals surface area contributed by atoms with E-state index in [0.29, 0.717) is 12.1 Å². The van der Waals surface area contributed by atoms with Crippen molar-refractivity contribution in [3.8, 4) is 0 Å². The molecule has 0 aliphatic carbocycles. The molecule has 0 bridgehead atoms. The summed E-state index contributed by atoms with van der Waals surface area (Å²) in [5.74, 6) is -0.0456. The molecule has 148 valence electrons. The molecule has 1 aliphatic rings. The Balaban J connectivity index is 1.38. The van der Waals surface area contributed by atoms with Crippen LogP contribution in [0.3, 0.4) is 0 Å². The third-order valence-corrected chi connectivity index (χ3v) is 5.51. The Hall–Kier alpha value is -3.27. The van der Waals surface area contributed by atoms with E-state index in [1.165, 1.54) is 11.1 Å². The molecule has 0 spiro atoms. The van der Waals surface area contributed by atoms with Crippen molar-refractivity contribution >= 4 is 17.3 Å². The molecule has 0 saturated carbocycles. The zero-order valence-electron chi connectivity index (χ0n) is 17.1. The largest absolute Gasteiger partial charge is 0.378 e. The van der Waals surface area contributed by atoms with Gasteiger partial charge in [-0.1, -0.05) is 36.4 Å². The predicted molar refractivity (Wildman–Crippen MR) is 120 cm³/mol. The van der Waals surface area contributed by atoms with Crippen LogP contribution in [-0.4, -0.2) is 26.5 Å². The fourth-order valence-electron chi connectivity index (χ4n) is 3.77. The first-order valence-corrected chi connectivity index (χ1v) is 10.1. The summed E-state index contributed by atoms with van der Waals surface area (Å²) in [4.78, 5) is 17.0. The normalized spacial score (nSPS) is 13.0. The van der Waals surface area contributed by atoms with Gasteiger partial charge in [-0.2, -0.15) is 0 Å². The second-order valence-electron chi connectivity index (χ2n) is 7.73. The average molecular weight is 386 g/mol. The Kier molecular flexibility index (Phi) is 5.52. The van der Waals surface area contributed by atoms with Crippen molar-refractivity contribution in [2.24, 2.45) is 0 Å². The summed E-state index contributed by atoms with van der Waals surface area (Å²) in [5, 5.41) is 3.02.